The molecule has 2 fully saturated rings. The van der Waals surface area contributed by atoms with Crippen LogP contribution >= 0.6 is 0 Å². The van der Waals surface area contributed by atoms with Gasteiger partial charge in [-0.05, 0) is 70.0 Å². The van der Waals surface area contributed by atoms with Crippen molar-refractivity contribution in [1.82, 2.24) is 19.8 Å². The molecule has 0 bridgehead atoms. The number of halogens is 3. The molecule has 1 saturated carbocycles. The number of carbonyl (C=O) groups is 1. The second kappa shape index (κ2) is 12.4. The fraction of sp³-hybridized carbons (Fsp3) is 0.452. The monoisotopic (exact) mass is 631 g/mol. The molecule has 1 saturated heterocycles. The van der Waals surface area contributed by atoms with E-state index in [4.69, 9.17) is 4.74 Å². The fourth-order valence-electron chi connectivity index (χ4n) is 5.60. The van der Waals surface area contributed by atoms with Gasteiger partial charge in [-0.2, -0.15) is 18.2 Å². The molecule has 9 nitrogen and oxygen atoms in total. The van der Waals surface area contributed by atoms with E-state index in [1.807, 2.05) is 39.1 Å². The molecular weight excluding hydrogens is 595 g/mol. The second-order valence-corrected chi connectivity index (χ2v) is 13.4. The molecule has 236 valence electrons. The quantitative estimate of drug-likeness (QED) is 0.292. The second-order valence-electron chi connectivity index (χ2n) is 11.8. The summed E-state index contributed by atoms with van der Waals surface area (Å²) in [6, 6.07) is 12.9. The van der Waals surface area contributed by atoms with E-state index in [0.29, 0.717) is 38.2 Å². The molecule has 2 heterocycles. The molecule has 13 heteroatoms. The van der Waals surface area contributed by atoms with Crippen LogP contribution in [0.15, 0.2) is 53.4 Å². The van der Waals surface area contributed by atoms with Crippen molar-refractivity contribution in [2.75, 3.05) is 44.6 Å². The Bertz CT molecular complexity index is 1610. The van der Waals surface area contributed by atoms with Gasteiger partial charge in [-0.1, -0.05) is 30.3 Å². The molecule has 2 aromatic carbocycles. The van der Waals surface area contributed by atoms with Gasteiger partial charge in [-0.15, -0.1) is 0 Å². The van der Waals surface area contributed by atoms with Gasteiger partial charge in [-0.3, -0.25) is 9.69 Å². The van der Waals surface area contributed by atoms with Crippen LogP contribution in [-0.2, 0) is 10.0 Å². The third kappa shape index (κ3) is 7.05. The van der Waals surface area contributed by atoms with Crippen LogP contribution in [-0.4, -0.2) is 86.5 Å². The predicted octanol–water partition coefficient (Wildman–Crippen LogP) is 5.10. The van der Waals surface area contributed by atoms with Gasteiger partial charge in [0.1, 0.15) is 12.9 Å². The summed E-state index contributed by atoms with van der Waals surface area (Å²) in [5.74, 6) is -0.0475. The highest BCUT2D eigenvalue weighted by molar-refractivity contribution is 7.92. The first-order valence-corrected chi connectivity index (χ1v) is 15.9. The standard InChI is InChI=1S/C31H36F3N5O4S/c1-21-6-4-7-22(2)28(21)26-17-27(36-29(35-26)37-44(41,42)25-9-5-8-23(16-25)19-40)43-20-24-18-39(15-14-38(24)3)13-12-30(10-11-30)31(32,33)34/h4-9,16-17,19,24H,10-15,18,20H2,1-3H3,(H,35,36,37). The molecule has 1 aromatic heterocycles. The lowest BCUT2D eigenvalue weighted by Crippen LogP contribution is -2.54. The number of alkyl halides is 3. The van der Waals surface area contributed by atoms with Crippen molar-refractivity contribution in [2.24, 2.45) is 5.41 Å². The molecule has 0 amide bonds. The lowest BCUT2D eigenvalue weighted by Gasteiger charge is -2.39. The summed E-state index contributed by atoms with van der Waals surface area (Å²) in [6.07, 6.45) is -3.12. The number of aldehydes is 1. The summed E-state index contributed by atoms with van der Waals surface area (Å²) in [7, 11) is -2.20. The van der Waals surface area contributed by atoms with Crippen LogP contribution < -0.4 is 9.46 Å². The maximum Gasteiger partial charge on any atom is 0.394 e. The molecule has 0 radical (unpaired) electrons. The number of likely N-dealkylation sites (N-methyl/N-ethyl adjacent to an activating group) is 1. The molecule has 1 aliphatic carbocycles. The minimum atomic E-state index is -4.17. The number of benzene rings is 2. The molecule has 0 spiro atoms. The molecule has 1 aliphatic heterocycles. The van der Waals surface area contributed by atoms with E-state index in [-0.39, 0.29) is 54.2 Å². The van der Waals surface area contributed by atoms with Crippen molar-refractivity contribution in [3.05, 3.63) is 65.2 Å². The van der Waals surface area contributed by atoms with Crippen LogP contribution in [0.3, 0.4) is 0 Å². The first kappa shape index (κ1) is 31.9. The van der Waals surface area contributed by atoms with Gasteiger partial charge >= 0.3 is 6.18 Å². The number of sulfonamides is 1. The minimum Gasteiger partial charge on any atom is -0.476 e. The molecular formula is C31H36F3N5O4S. The van der Waals surface area contributed by atoms with Crippen LogP contribution in [0, 0.1) is 19.3 Å². The Morgan fingerprint density at radius 3 is 2.43 bits per heavy atom. The van der Waals surface area contributed by atoms with Crippen molar-refractivity contribution in [3.63, 3.8) is 0 Å². The number of nitrogens with one attached hydrogen (secondary N) is 1. The summed E-state index contributed by atoms with van der Waals surface area (Å²) in [6.45, 7) is 6.29. The third-order valence-electron chi connectivity index (χ3n) is 8.62. The minimum absolute atomic E-state index is 0.0953. The lowest BCUT2D eigenvalue weighted by atomic mass is 10.00. The van der Waals surface area contributed by atoms with Gasteiger partial charge in [0.15, 0.2) is 0 Å². The number of hydrogen-bond donors (Lipinski definition) is 1. The van der Waals surface area contributed by atoms with Crippen molar-refractivity contribution in [3.8, 4) is 17.1 Å². The number of nitrogens with zero attached hydrogens (tertiary/aromatic N) is 4. The van der Waals surface area contributed by atoms with Crippen LogP contribution in [0.2, 0.25) is 0 Å². The molecule has 5 rings (SSSR count). The Hall–Kier alpha value is -3.55. The Morgan fingerprint density at radius 2 is 1.77 bits per heavy atom. The molecule has 3 aromatic rings. The Morgan fingerprint density at radius 1 is 1.07 bits per heavy atom. The predicted molar refractivity (Wildman–Crippen MR) is 160 cm³/mol. The van der Waals surface area contributed by atoms with Gasteiger partial charge in [0.25, 0.3) is 10.0 Å². The maximum absolute atomic E-state index is 13.5. The number of carbonyl (C=O) groups excluding carboxylic acids is 1. The van der Waals surface area contributed by atoms with Gasteiger partial charge in [0.05, 0.1) is 22.0 Å². The number of hydrogen-bond acceptors (Lipinski definition) is 8. The van der Waals surface area contributed by atoms with E-state index < -0.39 is 21.6 Å². The zero-order valence-corrected chi connectivity index (χ0v) is 25.7. The molecule has 1 atom stereocenters. The number of anilines is 1. The number of aryl methyl sites for hydroxylation is 2. The number of piperazine rings is 1. The molecule has 44 heavy (non-hydrogen) atoms. The van der Waals surface area contributed by atoms with Crippen molar-refractivity contribution in [2.45, 2.75) is 50.2 Å². The summed E-state index contributed by atoms with van der Waals surface area (Å²) in [5, 5.41) is 0. The van der Waals surface area contributed by atoms with E-state index in [1.54, 1.807) is 6.07 Å². The number of ether oxygens (including phenoxy) is 1. The summed E-state index contributed by atoms with van der Waals surface area (Å²) in [4.78, 5) is 24.1. The van der Waals surface area contributed by atoms with Crippen LogP contribution in [0.4, 0.5) is 19.1 Å². The fourth-order valence-corrected chi connectivity index (χ4v) is 6.60. The van der Waals surface area contributed by atoms with Gasteiger partial charge in [0.2, 0.25) is 11.8 Å². The van der Waals surface area contributed by atoms with Gasteiger partial charge < -0.3 is 9.64 Å². The maximum atomic E-state index is 13.5. The summed E-state index contributed by atoms with van der Waals surface area (Å²) < 4.78 is 75.3. The SMILES string of the molecule is Cc1cccc(C)c1-c1cc(OCC2CN(CCC3(C(F)(F)F)CC3)CCN2C)nc(NS(=O)(=O)c2cccc(C=O)c2)n1. The first-order chi connectivity index (χ1) is 20.8. The smallest absolute Gasteiger partial charge is 0.394 e. The zero-order chi connectivity index (χ0) is 31.7. The number of aromatic nitrogens is 2. The lowest BCUT2D eigenvalue weighted by molar-refractivity contribution is -0.190. The highest BCUT2D eigenvalue weighted by atomic mass is 32.2. The normalized spacial score (nSPS) is 19.0. The zero-order valence-electron chi connectivity index (χ0n) is 24.9. The van der Waals surface area contributed by atoms with Gasteiger partial charge in [0, 0.05) is 36.8 Å². The van der Waals surface area contributed by atoms with Crippen molar-refractivity contribution < 1.29 is 31.1 Å². The van der Waals surface area contributed by atoms with E-state index >= 15 is 0 Å². The van der Waals surface area contributed by atoms with Gasteiger partial charge in [-0.25, -0.2) is 18.1 Å². The van der Waals surface area contributed by atoms with Crippen LogP contribution in [0.1, 0.15) is 40.7 Å². The first-order valence-electron chi connectivity index (χ1n) is 14.5. The van der Waals surface area contributed by atoms with E-state index in [2.05, 4.69) is 24.5 Å². The highest BCUT2D eigenvalue weighted by Gasteiger charge is 2.62. The van der Waals surface area contributed by atoms with Crippen LogP contribution in [0.5, 0.6) is 5.88 Å². The summed E-state index contributed by atoms with van der Waals surface area (Å²) >= 11 is 0. The van der Waals surface area contributed by atoms with Crippen molar-refractivity contribution in [1.29, 1.82) is 0 Å². The molecule has 1 N–H and O–H groups in total. The van der Waals surface area contributed by atoms with Crippen LogP contribution in [0.25, 0.3) is 11.3 Å². The van der Waals surface area contributed by atoms with E-state index in [0.717, 1.165) is 16.7 Å². The largest absolute Gasteiger partial charge is 0.476 e. The van der Waals surface area contributed by atoms with E-state index in [9.17, 15) is 26.4 Å². The topological polar surface area (TPSA) is 105 Å². The summed E-state index contributed by atoms with van der Waals surface area (Å²) in [5.41, 5.74) is 1.80. The third-order valence-corrected chi connectivity index (χ3v) is 9.94. The Balaban J connectivity index is 1.36. The Labute approximate surface area is 255 Å². The van der Waals surface area contributed by atoms with Crippen molar-refractivity contribution >= 4 is 22.3 Å². The van der Waals surface area contributed by atoms with E-state index in [1.165, 1.54) is 24.3 Å². The average Bonchev–Trinajstić information content (AvgIpc) is 3.77. The molecule has 1 unspecified atom stereocenters. The number of rotatable bonds is 11. The molecule has 2 aliphatic rings. The Kier molecular flexibility index (Phi) is 9.01. The highest BCUT2D eigenvalue weighted by Crippen LogP contribution is 2.60. The average molecular weight is 632 g/mol.